The molecule has 0 saturated carbocycles. The van der Waals surface area contributed by atoms with E-state index in [1.807, 2.05) is 36.6 Å². The summed E-state index contributed by atoms with van der Waals surface area (Å²) in [6, 6.07) is 11.9. The molecule has 2 heterocycles. The number of imidazole rings is 1. The second-order valence-corrected chi connectivity index (χ2v) is 6.85. The smallest absolute Gasteiger partial charge is 0.387 e. The highest BCUT2D eigenvalue weighted by atomic mass is 19.3. The molecular weight excluding hydrogens is 378 g/mol. The summed E-state index contributed by atoms with van der Waals surface area (Å²) in [5, 5.41) is 3.20. The Bertz CT molecular complexity index is 1140. The van der Waals surface area contributed by atoms with Crippen LogP contribution in [0.4, 0.5) is 8.78 Å². The fraction of sp³-hybridized carbons (Fsp3) is 0.200. The summed E-state index contributed by atoms with van der Waals surface area (Å²) in [6.45, 7) is 0.986. The number of halogens is 2. The van der Waals surface area contributed by atoms with E-state index in [0.29, 0.717) is 11.4 Å². The van der Waals surface area contributed by atoms with Crippen LogP contribution in [0.2, 0.25) is 0 Å². The Labute approximate surface area is 165 Å². The lowest BCUT2D eigenvalue weighted by molar-refractivity contribution is -0.0498. The van der Waals surface area contributed by atoms with Crippen LogP contribution in [0.5, 0.6) is 5.75 Å². The van der Waals surface area contributed by atoms with Crippen molar-refractivity contribution in [1.29, 1.82) is 0 Å². The average molecular weight is 398 g/mol. The Hall–Kier alpha value is -3.46. The van der Waals surface area contributed by atoms with Crippen LogP contribution in [0.15, 0.2) is 53.5 Å². The fourth-order valence-electron chi connectivity index (χ4n) is 3.39. The number of hydrogen-bond donors (Lipinski definition) is 3. The summed E-state index contributed by atoms with van der Waals surface area (Å²) < 4.78 is 31.1. The molecule has 1 aliphatic rings. The van der Waals surface area contributed by atoms with Crippen molar-refractivity contribution in [2.24, 2.45) is 16.5 Å². The van der Waals surface area contributed by atoms with Crippen LogP contribution in [0.3, 0.4) is 0 Å². The molecule has 3 aromatic rings. The van der Waals surface area contributed by atoms with Gasteiger partial charge in [0.05, 0.1) is 11.0 Å². The standard InChI is InChI=1S/C20H20F2N6O/c1-11-3-8-15-16(9-11)28(12(2)25-15)18-10-17(23)26-20(24,27-18)13-4-6-14(7-5-13)29-19(21)22/h3-10,19,27H,24H2,1-2H3,(H2,23,26). The molecule has 0 radical (unpaired) electrons. The Kier molecular flexibility index (Phi) is 4.46. The van der Waals surface area contributed by atoms with E-state index in [1.165, 1.54) is 12.1 Å². The molecule has 0 aliphatic carbocycles. The molecule has 1 aromatic heterocycles. The molecule has 1 aliphatic heterocycles. The molecule has 29 heavy (non-hydrogen) atoms. The van der Waals surface area contributed by atoms with E-state index in [1.54, 1.807) is 18.2 Å². The van der Waals surface area contributed by atoms with E-state index in [4.69, 9.17) is 11.5 Å². The molecule has 150 valence electrons. The number of aliphatic imine (C=N–C) groups is 1. The molecule has 1 atom stereocenters. The van der Waals surface area contributed by atoms with Crippen molar-refractivity contribution in [1.82, 2.24) is 14.9 Å². The van der Waals surface area contributed by atoms with E-state index < -0.39 is 12.4 Å². The zero-order valence-electron chi connectivity index (χ0n) is 15.9. The highest BCUT2D eigenvalue weighted by Crippen LogP contribution is 2.28. The van der Waals surface area contributed by atoms with Crippen molar-refractivity contribution in [3.63, 3.8) is 0 Å². The van der Waals surface area contributed by atoms with Gasteiger partial charge in [0.15, 0.2) is 0 Å². The number of fused-ring (bicyclic) bond motifs is 1. The van der Waals surface area contributed by atoms with E-state index in [9.17, 15) is 8.78 Å². The van der Waals surface area contributed by atoms with Crippen molar-refractivity contribution >= 4 is 22.7 Å². The van der Waals surface area contributed by atoms with Gasteiger partial charge in [-0.2, -0.15) is 8.78 Å². The van der Waals surface area contributed by atoms with Gasteiger partial charge in [-0.3, -0.25) is 10.3 Å². The lowest BCUT2D eigenvalue weighted by Gasteiger charge is -2.33. The van der Waals surface area contributed by atoms with Gasteiger partial charge in [-0.1, -0.05) is 6.07 Å². The van der Waals surface area contributed by atoms with Gasteiger partial charge in [0.25, 0.3) is 0 Å². The van der Waals surface area contributed by atoms with Crippen LogP contribution in [0.1, 0.15) is 17.0 Å². The van der Waals surface area contributed by atoms with Crippen molar-refractivity contribution in [2.45, 2.75) is 26.2 Å². The van der Waals surface area contributed by atoms with Gasteiger partial charge < -0.3 is 15.8 Å². The minimum absolute atomic E-state index is 0.0304. The first-order valence-corrected chi connectivity index (χ1v) is 8.91. The quantitative estimate of drug-likeness (QED) is 0.627. The molecule has 4 rings (SSSR count). The van der Waals surface area contributed by atoms with Gasteiger partial charge in [0.2, 0.25) is 5.79 Å². The van der Waals surface area contributed by atoms with Gasteiger partial charge >= 0.3 is 6.61 Å². The molecule has 9 heteroatoms. The molecule has 0 bridgehead atoms. The lowest BCUT2D eigenvalue weighted by Crippen LogP contribution is -2.52. The molecular formula is C20H20F2N6O. The summed E-state index contributed by atoms with van der Waals surface area (Å²) in [7, 11) is 0. The number of aryl methyl sites for hydroxylation is 2. The second-order valence-electron chi connectivity index (χ2n) is 6.85. The zero-order valence-corrected chi connectivity index (χ0v) is 15.9. The van der Waals surface area contributed by atoms with Crippen molar-refractivity contribution in [2.75, 3.05) is 0 Å². The van der Waals surface area contributed by atoms with Gasteiger partial charge in [0.1, 0.15) is 23.2 Å². The van der Waals surface area contributed by atoms with Crippen molar-refractivity contribution in [3.8, 4) is 5.75 Å². The number of rotatable bonds is 4. The fourth-order valence-corrected chi connectivity index (χ4v) is 3.39. The van der Waals surface area contributed by atoms with Crippen molar-refractivity contribution in [3.05, 3.63) is 65.5 Å². The third kappa shape index (κ3) is 3.52. The number of nitrogens with two attached hydrogens (primary N) is 2. The Morgan fingerprint density at radius 3 is 2.55 bits per heavy atom. The Morgan fingerprint density at radius 2 is 1.86 bits per heavy atom. The van der Waals surface area contributed by atoms with Crippen LogP contribution in [0.25, 0.3) is 16.9 Å². The van der Waals surface area contributed by atoms with Crippen LogP contribution in [-0.2, 0) is 5.79 Å². The predicted molar refractivity (Wildman–Crippen MR) is 107 cm³/mol. The second kappa shape index (κ2) is 6.85. The van der Waals surface area contributed by atoms with Crippen LogP contribution < -0.4 is 21.5 Å². The third-order valence-corrected chi connectivity index (χ3v) is 4.65. The third-order valence-electron chi connectivity index (χ3n) is 4.65. The summed E-state index contributed by atoms with van der Waals surface area (Å²) >= 11 is 0. The Balaban J connectivity index is 1.73. The SMILES string of the molecule is Cc1ccc2nc(C)n(C3=CC(N)=NC(N)(c4ccc(OC(F)F)cc4)N3)c2c1. The monoisotopic (exact) mass is 398 g/mol. The lowest BCUT2D eigenvalue weighted by atomic mass is 10.1. The molecule has 2 aromatic carbocycles. The number of aromatic nitrogens is 2. The number of alkyl halides is 2. The van der Waals surface area contributed by atoms with Gasteiger partial charge in [-0.25, -0.2) is 9.98 Å². The Morgan fingerprint density at radius 1 is 1.14 bits per heavy atom. The van der Waals surface area contributed by atoms with E-state index in [-0.39, 0.29) is 11.6 Å². The predicted octanol–water partition coefficient (Wildman–Crippen LogP) is 2.78. The van der Waals surface area contributed by atoms with Gasteiger partial charge in [0, 0.05) is 11.6 Å². The highest BCUT2D eigenvalue weighted by molar-refractivity contribution is 5.98. The topological polar surface area (TPSA) is 103 Å². The number of nitrogens with zero attached hydrogens (tertiary/aromatic N) is 3. The molecule has 5 N–H and O–H groups in total. The number of hydrogen-bond acceptors (Lipinski definition) is 6. The summed E-state index contributed by atoms with van der Waals surface area (Å²) in [4.78, 5) is 8.91. The molecule has 0 amide bonds. The van der Waals surface area contributed by atoms with Gasteiger partial charge in [-0.15, -0.1) is 0 Å². The maximum Gasteiger partial charge on any atom is 0.387 e. The minimum atomic E-state index is -2.90. The summed E-state index contributed by atoms with van der Waals surface area (Å²) in [5.74, 6) is 0.233. The number of ether oxygens (including phenoxy) is 1. The normalized spacial score (nSPS) is 19.1. The number of amidine groups is 1. The maximum atomic E-state index is 12.4. The van der Waals surface area contributed by atoms with Crippen LogP contribution in [-0.4, -0.2) is 22.0 Å². The first-order chi connectivity index (χ1) is 13.7. The molecule has 1 unspecified atom stereocenters. The zero-order chi connectivity index (χ0) is 20.8. The number of benzene rings is 2. The first kappa shape index (κ1) is 18.9. The number of nitrogens with one attached hydrogen (secondary N) is 1. The van der Waals surface area contributed by atoms with Crippen molar-refractivity contribution < 1.29 is 13.5 Å². The largest absolute Gasteiger partial charge is 0.435 e. The van der Waals surface area contributed by atoms with E-state index in [2.05, 4.69) is 20.0 Å². The van der Waals surface area contributed by atoms with Crippen LogP contribution in [0, 0.1) is 13.8 Å². The molecule has 0 spiro atoms. The molecule has 0 fully saturated rings. The summed E-state index contributed by atoms with van der Waals surface area (Å²) in [6.07, 6.45) is 1.68. The maximum absolute atomic E-state index is 12.4. The van der Waals surface area contributed by atoms with E-state index in [0.717, 1.165) is 22.4 Å². The summed E-state index contributed by atoms with van der Waals surface area (Å²) in [5.41, 5.74) is 15.9. The first-order valence-electron chi connectivity index (χ1n) is 8.91. The molecule has 0 saturated heterocycles. The highest BCUT2D eigenvalue weighted by Gasteiger charge is 2.32. The minimum Gasteiger partial charge on any atom is -0.435 e. The van der Waals surface area contributed by atoms with E-state index >= 15 is 0 Å². The van der Waals surface area contributed by atoms with Gasteiger partial charge in [-0.05, 0) is 55.8 Å². The average Bonchev–Trinajstić information content (AvgIpc) is 2.96. The molecule has 7 nitrogen and oxygen atoms in total. The van der Waals surface area contributed by atoms with Crippen LogP contribution >= 0.6 is 0 Å².